The second kappa shape index (κ2) is 9.67. The van der Waals surface area contributed by atoms with Gasteiger partial charge in [-0.15, -0.1) is 0 Å². The maximum Gasteiger partial charge on any atom is 0.412 e. The van der Waals surface area contributed by atoms with Gasteiger partial charge in [-0.25, -0.2) is 14.0 Å². The van der Waals surface area contributed by atoms with Crippen molar-refractivity contribution in [1.82, 2.24) is 0 Å². The molecular weight excluding hydrogens is 417 g/mol. The zero-order chi connectivity index (χ0) is 24.1. The van der Waals surface area contributed by atoms with Crippen LogP contribution in [0.2, 0.25) is 0 Å². The molecule has 0 aliphatic carbocycles. The van der Waals surface area contributed by atoms with Crippen molar-refractivity contribution in [3.63, 3.8) is 0 Å². The highest BCUT2D eigenvalue weighted by Gasteiger charge is 2.19. The van der Waals surface area contributed by atoms with Crippen LogP contribution in [0.25, 0.3) is 0 Å². The predicted octanol–water partition coefficient (Wildman–Crippen LogP) is 5.77. The first-order valence-corrected chi connectivity index (χ1v) is 9.93. The second-order valence-electron chi connectivity index (χ2n) is 8.98. The summed E-state index contributed by atoms with van der Waals surface area (Å²) in [5, 5.41) is 7.51. The van der Waals surface area contributed by atoms with Gasteiger partial charge in [-0.3, -0.25) is 15.4 Å². The van der Waals surface area contributed by atoms with Gasteiger partial charge in [-0.2, -0.15) is 0 Å². The van der Waals surface area contributed by atoms with Crippen molar-refractivity contribution in [2.75, 3.05) is 16.0 Å². The van der Waals surface area contributed by atoms with Gasteiger partial charge in [0, 0.05) is 16.9 Å². The van der Waals surface area contributed by atoms with E-state index >= 15 is 0 Å². The first-order valence-electron chi connectivity index (χ1n) is 9.93. The highest BCUT2D eigenvalue weighted by atomic mass is 19.1. The molecule has 0 bridgehead atoms. The molecular formula is C23H28FN3O5. The lowest BCUT2D eigenvalue weighted by Crippen LogP contribution is -2.27. The third-order valence-corrected chi connectivity index (χ3v) is 3.63. The number of hydrogen-bond donors (Lipinski definition) is 3. The average Bonchev–Trinajstić information content (AvgIpc) is 2.61. The van der Waals surface area contributed by atoms with E-state index in [2.05, 4.69) is 16.0 Å². The zero-order valence-electron chi connectivity index (χ0n) is 19.0. The van der Waals surface area contributed by atoms with Crippen molar-refractivity contribution in [3.05, 3.63) is 53.8 Å². The lowest BCUT2D eigenvalue weighted by molar-refractivity contribution is 0.0624. The molecule has 0 heterocycles. The number of amides is 3. The highest BCUT2D eigenvalue weighted by Crippen LogP contribution is 2.22. The molecule has 9 heteroatoms. The van der Waals surface area contributed by atoms with Gasteiger partial charge in [0.15, 0.2) is 0 Å². The number of benzene rings is 2. The van der Waals surface area contributed by atoms with Crippen LogP contribution in [0.1, 0.15) is 51.9 Å². The molecule has 0 saturated heterocycles. The van der Waals surface area contributed by atoms with Crippen molar-refractivity contribution < 1.29 is 28.2 Å². The molecule has 2 rings (SSSR count). The fourth-order valence-electron chi connectivity index (χ4n) is 2.48. The minimum atomic E-state index is -0.819. The van der Waals surface area contributed by atoms with Gasteiger partial charge in [0.1, 0.15) is 17.0 Å². The molecule has 0 spiro atoms. The number of anilines is 3. The predicted molar refractivity (Wildman–Crippen MR) is 121 cm³/mol. The van der Waals surface area contributed by atoms with Crippen LogP contribution in [0.4, 0.5) is 31.0 Å². The van der Waals surface area contributed by atoms with Crippen molar-refractivity contribution in [2.24, 2.45) is 0 Å². The minimum Gasteiger partial charge on any atom is -0.444 e. The summed E-state index contributed by atoms with van der Waals surface area (Å²) in [6, 6.07) is 9.99. The van der Waals surface area contributed by atoms with Crippen molar-refractivity contribution in [3.8, 4) is 0 Å². The number of halogens is 1. The molecule has 2 aromatic rings. The fraction of sp³-hybridized carbons (Fsp3) is 0.348. The van der Waals surface area contributed by atoms with Gasteiger partial charge in [0.05, 0.1) is 5.69 Å². The first kappa shape index (κ1) is 24.6. The topological polar surface area (TPSA) is 106 Å². The number of ether oxygens (including phenoxy) is 2. The first-order chi connectivity index (χ1) is 14.7. The second-order valence-corrected chi connectivity index (χ2v) is 8.98. The van der Waals surface area contributed by atoms with Gasteiger partial charge in [-0.1, -0.05) is 6.07 Å². The number of hydrogen-bond acceptors (Lipinski definition) is 5. The third kappa shape index (κ3) is 8.25. The Balaban J connectivity index is 2.09. The molecule has 0 atom stereocenters. The van der Waals surface area contributed by atoms with E-state index in [9.17, 15) is 18.8 Å². The lowest BCUT2D eigenvalue weighted by atomic mass is 10.1. The molecule has 0 unspecified atom stereocenters. The molecule has 3 N–H and O–H groups in total. The summed E-state index contributed by atoms with van der Waals surface area (Å²) in [4.78, 5) is 36.5. The van der Waals surface area contributed by atoms with E-state index in [1.54, 1.807) is 59.7 Å². The maximum atomic E-state index is 14.1. The summed E-state index contributed by atoms with van der Waals surface area (Å²) in [6.07, 6.45) is -1.47. The summed E-state index contributed by atoms with van der Waals surface area (Å²) in [5.41, 5.74) is -0.662. The number of rotatable bonds is 4. The maximum absolute atomic E-state index is 14.1. The van der Waals surface area contributed by atoms with Gasteiger partial charge < -0.3 is 14.8 Å². The SMILES string of the molecule is CC(C)(C)OC(=O)Nc1cccc(C(=O)Nc2ccc(F)c(NC(=O)OC(C)(C)C)c2)c1. The van der Waals surface area contributed by atoms with E-state index in [4.69, 9.17) is 9.47 Å². The molecule has 3 amide bonds. The molecule has 2 aromatic carbocycles. The summed E-state index contributed by atoms with van der Waals surface area (Å²) in [6.45, 7) is 10.3. The quantitative estimate of drug-likeness (QED) is 0.554. The van der Waals surface area contributed by atoms with Crippen LogP contribution in [0.15, 0.2) is 42.5 Å². The van der Waals surface area contributed by atoms with Gasteiger partial charge in [0.25, 0.3) is 5.91 Å². The van der Waals surface area contributed by atoms with Crippen LogP contribution >= 0.6 is 0 Å². The van der Waals surface area contributed by atoms with Crippen LogP contribution in [0, 0.1) is 5.82 Å². The van der Waals surface area contributed by atoms with E-state index in [1.807, 2.05) is 0 Å². The van der Waals surface area contributed by atoms with E-state index in [0.717, 1.165) is 6.07 Å². The molecule has 0 fully saturated rings. The Morgan fingerprint density at radius 1 is 0.750 bits per heavy atom. The monoisotopic (exact) mass is 445 g/mol. The minimum absolute atomic E-state index is 0.141. The molecule has 8 nitrogen and oxygen atoms in total. The number of nitrogens with one attached hydrogen (secondary N) is 3. The highest BCUT2D eigenvalue weighted by molar-refractivity contribution is 6.05. The van der Waals surface area contributed by atoms with Crippen LogP contribution < -0.4 is 16.0 Å². The zero-order valence-corrected chi connectivity index (χ0v) is 19.0. The summed E-state index contributed by atoms with van der Waals surface area (Å²) in [7, 11) is 0. The normalized spacial score (nSPS) is 11.3. The Bertz CT molecular complexity index is 1010. The third-order valence-electron chi connectivity index (χ3n) is 3.63. The van der Waals surface area contributed by atoms with E-state index < -0.39 is 35.1 Å². The average molecular weight is 445 g/mol. The summed E-state index contributed by atoms with van der Waals surface area (Å²) in [5.74, 6) is -1.18. The lowest BCUT2D eigenvalue weighted by Gasteiger charge is -2.20. The molecule has 32 heavy (non-hydrogen) atoms. The largest absolute Gasteiger partial charge is 0.444 e. The molecule has 0 saturated carbocycles. The van der Waals surface area contributed by atoms with E-state index in [-0.39, 0.29) is 16.9 Å². The smallest absolute Gasteiger partial charge is 0.412 e. The number of carbonyl (C=O) groups is 3. The Morgan fingerprint density at radius 2 is 1.31 bits per heavy atom. The van der Waals surface area contributed by atoms with Crippen molar-refractivity contribution in [2.45, 2.75) is 52.7 Å². The van der Waals surface area contributed by atoms with E-state index in [0.29, 0.717) is 5.69 Å². The van der Waals surface area contributed by atoms with Crippen LogP contribution in [-0.4, -0.2) is 29.3 Å². The van der Waals surface area contributed by atoms with Crippen molar-refractivity contribution >= 4 is 35.2 Å². The molecule has 0 radical (unpaired) electrons. The standard InChI is InChI=1S/C23H28FN3O5/c1-22(2,3)31-20(29)26-15-9-7-8-14(12-15)19(28)25-16-10-11-17(24)18(13-16)27-21(30)32-23(4,5)6/h7-13H,1-6H3,(H,25,28)(H,26,29)(H,27,30). The van der Waals surface area contributed by atoms with Gasteiger partial charge in [-0.05, 0) is 77.9 Å². The number of carbonyl (C=O) groups excluding carboxylic acids is 3. The molecule has 0 aliphatic rings. The van der Waals surface area contributed by atoms with Crippen LogP contribution in [0.5, 0.6) is 0 Å². The van der Waals surface area contributed by atoms with Gasteiger partial charge >= 0.3 is 12.2 Å². The Hall–Kier alpha value is -3.62. The van der Waals surface area contributed by atoms with Gasteiger partial charge in [0.2, 0.25) is 0 Å². The van der Waals surface area contributed by atoms with Crippen LogP contribution in [0.3, 0.4) is 0 Å². The summed E-state index contributed by atoms with van der Waals surface area (Å²) >= 11 is 0. The molecule has 0 aromatic heterocycles. The molecule has 0 aliphatic heterocycles. The Labute approximate surface area is 186 Å². The van der Waals surface area contributed by atoms with Crippen LogP contribution in [-0.2, 0) is 9.47 Å². The molecule has 172 valence electrons. The van der Waals surface area contributed by atoms with E-state index in [1.165, 1.54) is 18.2 Å². The fourth-order valence-corrected chi connectivity index (χ4v) is 2.48. The Morgan fingerprint density at radius 3 is 1.91 bits per heavy atom. The van der Waals surface area contributed by atoms with Crippen molar-refractivity contribution in [1.29, 1.82) is 0 Å². The Kier molecular flexibility index (Phi) is 7.45. The summed E-state index contributed by atoms with van der Waals surface area (Å²) < 4.78 is 24.4.